The molecule has 0 saturated carbocycles. The van der Waals surface area contributed by atoms with Crippen LogP contribution in [0.4, 0.5) is 5.69 Å². The van der Waals surface area contributed by atoms with Crippen LogP contribution in [0, 0.1) is 0 Å². The number of nitrogens with zero attached hydrogens (tertiary/aromatic N) is 1. The molecule has 0 amide bonds. The first-order chi connectivity index (χ1) is 10.3. The molecule has 3 nitrogen and oxygen atoms in total. The van der Waals surface area contributed by atoms with E-state index < -0.39 is 0 Å². The van der Waals surface area contributed by atoms with Gasteiger partial charge in [-0.25, -0.2) is 0 Å². The summed E-state index contributed by atoms with van der Waals surface area (Å²) in [4.78, 5) is 14.6. The first kappa shape index (κ1) is 12.0. The highest BCUT2D eigenvalue weighted by atomic mass is 16.5. The van der Waals surface area contributed by atoms with Crippen LogP contribution < -0.4 is 9.64 Å². The summed E-state index contributed by atoms with van der Waals surface area (Å²) in [6.07, 6.45) is 3.79. The van der Waals surface area contributed by atoms with E-state index in [9.17, 15) is 4.79 Å². The third-order valence-electron chi connectivity index (χ3n) is 3.85. The molecule has 0 unspecified atom stereocenters. The molecule has 0 radical (unpaired) electrons. The Balaban J connectivity index is 1.84. The summed E-state index contributed by atoms with van der Waals surface area (Å²) in [5, 5.41) is 0. The third-order valence-corrected chi connectivity index (χ3v) is 3.85. The minimum Gasteiger partial charge on any atom is -0.438 e. The summed E-state index contributed by atoms with van der Waals surface area (Å²) in [5.74, 6) is 1.37. The zero-order chi connectivity index (χ0) is 14.4. The van der Waals surface area contributed by atoms with Gasteiger partial charge in [0.05, 0.1) is 11.3 Å². The number of rotatable bonds is 0. The summed E-state index contributed by atoms with van der Waals surface area (Å²) < 4.78 is 5.88. The van der Waals surface area contributed by atoms with E-state index in [2.05, 4.69) is 0 Å². The maximum Gasteiger partial charge on any atom is 0.211 e. The molecule has 2 aromatic rings. The molecule has 2 aliphatic rings. The number of benzene rings is 2. The molecule has 0 bridgehead atoms. The van der Waals surface area contributed by atoms with Gasteiger partial charge >= 0.3 is 0 Å². The molecule has 0 aromatic heterocycles. The molecule has 1 aliphatic carbocycles. The molecule has 0 saturated heterocycles. The fourth-order valence-electron chi connectivity index (χ4n) is 2.75. The number of carbonyl (C=O) groups excluding carboxylic acids is 1. The van der Waals surface area contributed by atoms with Crippen LogP contribution in [-0.4, -0.2) is 12.8 Å². The SMILES string of the molecule is CN1/C(=C2/C=Cc3ccccc3C2=O)Oc2ccccc21. The van der Waals surface area contributed by atoms with Crippen molar-refractivity contribution < 1.29 is 9.53 Å². The summed E-state index contributed by atoms with van der Waals surface area (Å²) in [6, 6.07) is 15.4. The number of carbonyl (C=O) groups is 1. The first-order valence-corrected chi connectivity index (χ1v) is 6.82. The molecule has 0 fully saturated rings. The fraction of sp³-hybridized carbons (Fsp3) is 0.0556. The van der Waals surface area contributed by atoms with Gasteiger partial charge in [-0.15, -0.1) is 0 Å². The normalized spacial score (nSPS) is 19.3. The van der Waals surface area contributed by atoms with Crippen molar-refractivity contribution in [1.29, 1.82) is 0 Å². The molecule has 1 aliphatic heterocycles. The summed E-state index contributed by atoms with van der Waals surface area (Å²) in [7, 11) is 1.91. The van der Waals surface area contributed by atoms with E-state index in [-0.39, 0.29) is 5.78 Å². The Labute approximate surface area is 122 Å². The second-order valence-corrected chi connectivity index (χ2v) is 5.10. The molecule has 102 valence electrons. The van der Waals surface area contributed by atoms with Gasteiger partial charge in [0, 0.05) is 12.6 Å². The lowest BCUT2D eigenvalue weighted by Crippen LogP contribution is -2.20. The number of para-hydroxylation sites is 2. The number of ketones is 1. The molecular formula is C18H13NO2. The van der Waals surface area contributed by atoms with Crippen molar-refractivity contribution in [2.75, 3.05) is 11.9 Å². The number of Topliss-reactive ketones (excluding diaryl/α,β-unsaturated/α-hetero) is 1. The highest BCUT2D eigenvalue weighted by molar-refractivity contribution is 6.15. The van der Waals surface area contributed by atoms with Gasteiger partial charge in [0.25, 0.3) is 0 Å². The van der Waals surface area contributed by atoms with Crippen LogP contribution in [0.2, 0.25) is 0 Å². The van der Waals surface area contributed by atoms with Gasteiger partial charge in [-0.05, 0) is 23.8 Å². The van der Waals surface area contributed by atoms with Crippen molar-refractivity contribution in [3.8, 4) is 5.75 Å². The largest absolute Gasteiger partial charge is 0.438 e. The number of anilines is 1. The van der Waals surface area contributed by atoms with Crippen molar-refractivity contribution in [3.63, 3.8) is 0 Å². The Kier molecular flexibility index (Phi) is 2.48. The molecule has 0 spiro atoms. The first-order valence-electron chi connectivity index (χ1n) is 6.82. The minimum absolute atomic E-state index is 0.00255. The number of fused-ring (bicyclic) bond motifs is 2. The van der Waals surface area contributed by atoms with Crippen molar-refractivity contribution in [3.05, 3.63) is 77.2 Å². The Hall–Kier alpha value is -2.81. The Morgan fingerprint density at radius 1 is 0.952 bits per heavy atom. The van der Waals surface area contributed by atoms with Gasteiger partial charge in [0.15, 0.2) is 11.5 Å². The number of hydrogen-bond acceptors (Lipinski definition) is 3. The lowest BCUT2D eigenvalue weighted by atomic mass is 9.92. The monoisotopic (exact) mass is 275 g/mol. The van der Waals surface area contributed by atoms with Crippen LogP contribution in [-0.2, 0) is 0 Å². The molecular weight excluding hydrogens is 262 g/mol. The molecule has 1 heterocycles. The van der Waals surface area contributed by atoms with Crippen LogP contribution in [0.5, 0.6) is 5.75 Å². The highest BCUT2D eigenvalue weighted by Crippen LogP contribution is 2.39. The number of hydrogen-bond donors (Lipinski definition) is 0. The zero-order valence-corrected chi connectivity index (χ0v) is 11.5. The summed E-state index contributed by atoms with van der Waals surface area (Å²) in [6.45, 7) is 0. The van der Waals surface area contributed by atoms with Crippen molar-refractivity contribution in [2.24, 2.45) is 0 Å². The van der Waals surface area contributed by atoms with E-state index in [0.717, 1.165) is 22.6 Å². The van der Waals surface area contributed by atoms with E-state index in [1.165, 1.54) is 0 Å². The van der Waals surface area contributed by atoms with Crippen molar-refractivity contribution in [2.45, 2.75) is 0 Å². The summed E-state index contributed by atoms with van der Waals surface area (Å²) in [5.41, 5.74) is 3.23. The maximum atomic E-state index is 12.7. The minimum atomic E-state index is 0.00255. The third kappa shape index (κ3) is 1.71. The Morgan fingerprint density at radius 3 is 2.57 bits per heavy atom. The lowest BCUT2D eigenvalue weighted by molar-refractivity contribution is 0.103. The van der Waals surface area contributed by atoms with Gasteiger partial charge in [-0.2, -0.15) is 0 Å². The summed E-state index contributed by atoms with van der Waals surface area (Å²) >= 11 is 0. The maximum absolute atomic E-state index is 12.7. The number of allylic oxidation sites excluding steroid dienone is 2. The highest BCUT2D eigenvalue weighted by Gasteiger charge is 2.30. The van der Waals surface area contributed by atoms with E-state index in [1.54, 1.807) is 0 Å². The van der Waals surface area contributed by atoms with Crippen LogP contribution in [0.1, 0.15) is 15.9 Å². The van der Waals surface area contributed by atoms with Gasteiger partial charge < -0.3 is 9.64 Å². The van der Waals surface area contributed by atoms with Crippen molar-refractivity contribution in [1.82, 2.24) is 0 Å². The molecule has 2 aromatic carbocycles. The molecule has 21 heavy (non-hydrogen) atoms. The van der Waals surface area contributed by atoms with E-state index in [1.807, 2.05) is 72.6 Å². The van der Waals surface area contributed by atoms with Gasteiger partial charge in [0.1, 0.15) is 0 Å². The standard InChI is InChI=1S/C18H13NO2/c1-19-15-8-4-5-9-16(15)21-18(19)14-11-10-12-6-2-3-7-13(12)17(14)20/h2-11H,1H3/b18-14+. The molecule has 3 heteroatoms. The predicted molar refractivity (Wildman–Crippen MR) is 82.3 cm³/mol. The second kappa shape index (κ2) is 4.35. The smallest absolute Gasteiger partial charge is 0.211 e. The van der Waals surface area contributed by atoms with Crippen LogP contribution in [0.25, 0.3) is 6.08 Å². The van der Waals surface area contributed by atoms with E-state index in [4.69, 9.17) is 4.74 Å². The quantitative estimate of drug-likeness (QED) is 0.687. The van der Waals surface area contributed by atoms with Gasteiger partial charge in [-0.1, -0.05) is 42.5 Å². The van der Waals surface area contributed by atoms with E-state index in [0.29, 0.717) is 11.5 Å². The predicted octanol–water partition coefficient (Wildman–Crippen LogP) is 3.64. The molecule has 0 N–H and O–H groups in total. The van der Waals surface area contributed by atoms with E-state index >= 15 is 0 Å². The fourth-order valence-corrected chi connectivity index (χ4v) is 2.75. The Bertz CT molecular complexity index is 817. The second-order valence-electron chi connectivity index (χ2n) is 5.10. The van der Waals surface area contributed by atoms with Crippen molar-refractivity contribution >= 4 is 17.5 Å². The van der Waals surface area contributed by atoms with Crippen LogP contribution in [0.3, 0.4) is 0 Å². The van der Waals surface area contributed by atoms with Crippen LogP contribution in [0.15, 0.2) is 66.1 Å². The van der Waals surface area contributed by atoms with Gasteiger partial charge in [0.2, 0.25) is 5.88 Å². The van der Waals surface area contributed by atoms with Gasteiger partial charge in [-0.3, -0.25) is 4.79 Å². The topological polar surface area (TPSA) is 29.5 Å². The molecule has 4 rings (SSSR count). The number of ether oxygens (including phenoxy) is 1. The zero-order valence-electron chi connectivity index (χ0n) is 11.5. The van der Waals surface area contributed by atoms with Crippen LogP contribution >= 0.6 is 0 Å². The lowest BCUT2D eigenvalue weighted by Gasteiger charge is -2.17. The average molecular weight is 275 g/mol. The molecule has 0 atom stereocenters. The average Bonchev–Trinajstić information content (AvgIpc) is 2.85. The Morgan fingerprint density at radius 2 is 1.71 bits per heavy atom.